The first-order chi connectivity index (χ1) is 14.4. The summed E-state index contributed by atoms with van der Waals surface area (Å²) in [5.41, 5.74) is 0.570. The van der Waals surface area contributed by atoms with E-state index in [1.54, 1.807) is 18.7 Å². The molecular formula is C24H35NO5Si. The van der Waals surface area contributed by atoms with Crippen molar-refractivity contribution in [1.82, 2.24) is 4.90 Å². The van der Waals surface area contributed by atoms with Crippen LogP contribution < -0.4 is 0 Å². The minimum Gasteiger partial charge on any atom is -0.463 e. The smallest absolute Gasteiger partial charge is 0.335 e. The molecular weight excluding hydrogens is 410 g/mol. The van der Waals surface area contributed by atoms with Crippen LogP contribution in [0.1, 0.15) is 40.2 Å². The van der Waals surface area contributed by atoms with Gasteiger partial charge in [0.25, 0.3) is 0 Å². The minimum absolute atomic E-state index is 0.110. The maximum absolute atomic E-state index is 13.6. The highest BCUT2D eigenvalue weighted by molar-refractivity contribution is 6.66. The standard InChI is InChI=1S/C24H35NO5Si/c1-9-29-20(26)16(2)19-24(31(7)8,22(28)25(19)23(4,5)6)17(3)21(27)30-15-18-13-11-10-12-14-18/h10-14,17,19,31H,2,9,15H2,1,3-8H3/t17-,19+,24+/m1/s1. The molecule has 1 heterocycles. The van der Waals surface area contributed by atoms with Gasteiger partial charge in [-0.05, 0) is 33.3 Å². The molecule has 170 valence electrons. The highest BCUT2D eigenvalue weighted by Gasteiger charge is 2.70. The Hall–Kier alpha value is -2.41. The molecule has 6 nitrogen and oxygen atoms in total. The summed E-state index contributed by atoms with van der Waals surface area (Å²) in [4.78, 5) is 41.0. The molecule has 0 aliphatic carbocycles. The van der Waals surface area contributed by atoms with E-state index >= 15 is 0 Å². The molecule has 1 fully saturated rings. The maximum Gasteiger partial charge on any atom is 0.335 e. The van der Waals surface area contributed by atoms with E-state index in [1.807, 2.05) is 64.2 Å². The first-order valence-corrected chi connectivity index (χ1v) is 13.7. The molecule has 3 atom stereocenters. The number of hydrogen-bond donors (Lipinski definition) is 0. The molecule has 1 saturated heterocycles. The van der Waals surface area contributed by atoms with Gasteiger partial charge < -0.3 is 14.4 Å². The predicted octanol–water partition coefficient (Wildman–Crippen LogP) is 3.72. The number of β-lactam (4-membered cyclic amide) rings is 1. The van der Waals surface area contributed by atoms with Crippen molar-refractivity contribution in [3.8, 4) is 0 Å². The molecule has 0 unspecified atom stereocenters. The second-order valence-electron chi connectivity index (χ2n) is 9.40. The van der Waals surface area contributed by atoms with E-state index in [2.05, 4.69) is 6.58 Å². The Labute approximate surface area is 187 Å². The van der Waals surface area contributed by atoms with Gasteiger partial charge in [0.05, 0.1) is 38.0 Å². The zero-order valence-electron chi connectivity index (χ0n) is 19.7. The van der Waals surface area contributed by atoms with Crippen LogP contribution in [0.2, 0.25) is 18.1 Å². The van der Waals surface area contributed by atoms with Crippen LogP contribution in [0.3, 0.4) is 0 Å². The first kappa shape index (κ1) is 24.9. The number of hydrogen-bond acceptors (Lipinski definition) is 5. The van der Waals surface area contributed by atoms with Crippen molar-refractivity contribution in [3.05, 3.63) is 48.0 Å². The van der Waals surface area contributed by atoms with Crippen LogP contribution in [-0.2, 0) is 30.5 Å². The molecule has 0 bridgehead atoms. The number of ether oxygens (including phenoxy) is 2. The Morgan fingerprint density at radius 3 is 2.26 bits per heavy atom. The zero-order chi connectivity index (χ0) is 23.6. The Balaban J connectivity index is 2.41. The number of carbonyl (C=O) groups excluding carboxylic acids is 3. The Morgan fingerprint density at radius 1 is 1.19 bits per heavy atom. The van der Waals surface area contributed by atoms with Crippen molar-refractivity contribution in [2.24, 2.45) is 5.92 Å². The molecule has 2 rings (SSSR count). The molecule has 0 spiro atoms. The summed E-state index contributed by atoms with van der Waals surface area (Å²) in [6, 6.07) is 8.83. The van der Waals surface area contributed by atoms with Crippen molar-refractivity contribution in [2.45, 2.75) is 70.9 Å². The van der Waals surface area contributed by atoms with E-state index < -0.39 is 43.3 Å². The summed E-state index contributed by atoms with van der Waals surface area (Å²) in [6.45, 7) is 17.6. The molecule has 0 saturated carbocycles. The van der Waals surface area contributed by atoms with Crippen LogP contribution >= 0.6 is 0 Å². The minimum atomic E-state index is -1.83. The monoisotopic (exact) mass is 445 g/mol. The fourth-order valence-electron chi connectivity index (χ4n) is 4.60. The van der Waals surface area contributed by atoms with E-state index in [9.17, 15) is 14.4 Å². The number of esters is 2. The molecule has 31 heavy (non-hydrogen) atoms. The average molecular weight is 446 g/mol. The third-order valence-electron chi connectivity index (χ3n) is 6.14. The summed E-state index contributed by atoms with van der Waals surface area (Å²) in [6.07, 6.45) is 0. The predicted molar refractivity (Wildman–Crippen MR) is 123 cm³/mol. The van der Waals surface area contributed by atoms with E-state index in [4.69, 9.17) is 9.47 Å². The summed E-state index contributed by atoms with van der Waals surface area (Å²) in [5, 5.41) is -0.995. The molecule has 1 amide bonds. The molecule has 1 aliphatic rings. The van der Waals surface area contributed by atoms with Gasteiger partial charge in [0.15, 0.2) is 0 Å². The average Bonchev–Trinajstić information content (AvgIpc) is 2.69. The van der Waals surface area contributed by atoms with Gasteiger partial charge in [-0.3, -0.25) is 9.59 Å². The number of carbonyl (C=O) groups is 3. The van der Waals surface area contributed by atoms with Gasteiger partial charge in [-0.2, -0.15) is 0 Å². The maximum atomic E-state index is 13.6. The highest BCUT2D eigenvalue weighted by Crippen LogP contribution is 2.59. The van der Waals surface area contributed by atoms with Gasteiger partial charge in [0.1, 0.15) is 6.61 Å². The van der Waals surface area contributed by atoms with Crippen molar-refractivity contribution < 1.29 is 23.9 Å². The number of rotatable bonds is 8. The zero-order valence-corrected chi connectivity index (χ0v) is 20.9. The molecule has 1 aromatic rings. The van der Waals surface area contributed by atoms with Gasteiger partial charge in [0, 0.05) is 5.54 Å². The highest BCUT2D eigenvalue weighted by atomic mass is 28.3. The summed E-state index contributed by atoms with van der Waals surface area (Å²) < 4.78 is 10.8. The van der Waals surface area contributed by atoms with E-state index in [-0.39, 0.29) is 24.7 Å². The lowest BCUT2D eigenvalue weighted by Crippen LogP contribution is -2.76. The van der Waals surface area contributed by atoms with E-state index in [1.165, 1.54) is 0 Å². The van der Waals surface area contributed by atoms with E-state index in [0.29, 0.717) is 0 Å². The Bertz CT molecular complexity index is 845. The van der Waals surface area contributed by atoms with Crippen molar-refractivity contribution in [3.63, 3.8) is 0 Å². The lowest BCUT2D eigenvalue weighted by Gasteiger charge is -2.64. The molecule has 1 aromatic carbocycles. The molecule has 0 radical (unpaired) electrons. The van der Waals surface area contributed by atoms with Crippen LogP contribution in [-0.4, -0.2) is 49.7 Å². The number of nitrogens with zero attached hydrogens (tertiary/aromatic N) is 1. The fraction of sp³-hybridized carbons (Fsp3) is 0.542. The summed E-state index contributed by atoms with van der Waals surface area (Å²) >= 11 is 0. The summed E-state index contributed by atoms with van der Waals surface area (Å²) in [5.74, 6) is -1.78. The quantitative estimate of drug-likeness (QED) is 0.264. The molecule has 1 aliphatic heterocycles. The van der Waals surface area contributed by atoms with Gasteiger partial charge in [-0.1, -0.05) is 56.9 Å². The van der Waals surface area contributed by atoms with Gasteiger partial charge in [-0.25, -0.2) is 4.79 Å². The van der Waals surface area contributed by atoms with Gasteiger partial charge >= 0.3 is 11.9 Å². The number of likely N-dealkylation sites (tertiary alicyclic amines) is 1. The van der Waals surface area contributed by atoms with Crippen molar-refractivity contribution >= 4 is 26.6 Å². The van der Waals surface area contributed by atoms with Crippen molar-refractivity contribution in [1.29, 1.82) is 0 Å². The Kier molecular flexibility index (Phi) is 7.52. The molecule has 0 aromatic heterocycles. The third-order valence-corrected chi connectivity index (χ3v) is 9.11. The summed E-state index contributed by atoms with van der Waals surface area (Å²) in [7, 11) is -1.83. The van der Waals surface area contributed by atoms with Gasteiger partial charge in [0.2, 0.25) is 5.91 Å². The normalized spacial score (nSPS) is 22.0. The lowest BCUT2D eigenvalue weighted by molar-refractivity contribution is -0.174. The van der Waals surface area contributed by atoms with Crippen LogP contribution in [0.15, 0.2) is 42.5 Å². The third kappa shape index (κ3) is 4.47. The SMILES string of the molecule is C=C(C(=O)OCC)[C@@H]1N(C(C)(C)C)C(=O)[C@@]1([C@H](C)C(=O)OCc1ccccc1)[SiH](C)C. The largest absolute Gasteiger partial charge is 0.463 e. The molecule has 7 heteroatoms. The van der Waals surface area contributed by atoms with Crippen LogP contribution in [0.25, 0.3) is 0 Å². The lowest BCUT2D eigenvalue weighted by atomic mass is 9.71. The number of amides is 1. The van der Waals surface area contributed by atoms with Crippen LogP contribution in [0.4, 0.5) is 0 Å². The van der Waals surface area contributed by atoms with Crippen LogP contribution in [0, 0.1) is 5.92 Å². The van der Waals surface area contributed by atoms with Crippen molar-refractivity contribution in [2.75, 3.05) is 6.61 Å². The second-order valence-corrected chi connectivity index (χ2v) is 12.7. The van der Waals surface area contributed by atoms with E-state index in [0.717, 1.165) is 5.56 Å². The Morgan fingerprint density at radius 2 is 1.77 bits per heavy atom. The molecule has 0 N–H and O–H groups in total. The van der Waals surface area contributed by atoms with Crippen LogP contribution in [0.5, 0.6) is 0 Å². The van der Waals surface area contributed by atoms with Gasteiger partial charge in [-0.15, -0.1) is 0 Å². The number of benzene rings is 1. The second kappa shape index (κ2) is 9.38. The fourth-order valence-corrected chi connectivity index (χ4v) is 7.35. The topological polar surface area (TPSA) is 72.9 Å². The first-order valence-electron chi connectivity index (χ1n) is 10.8.